The summed E-state index contributed by atoms with van der Waals surface area (Å²) in [6, 6.07) is 7.92. The third kappa shape index (κ3) is 4.70. The Bertz CT molecular complexity index is 563. The molecule has 2 rings (SSSR count). The number of aromatic nitrogens is 2. The van der Waals surface area contributed by atoms with Crippen LogP contribution in [0.1, 0.15) is 40.0 Å². The molecule has 5 heteroatoms. The van der Waals surface area contributed by atoms with Gasteiger partial charge in [0.15, 0.2) is 0 Å². The number of hydrogen-bond acceptors (Lipinski definition) is 5. The first-order valence-corrected chi connectivity index (χ1v) is 8.14. The SMILES string of the molecule is CCC(C)(C)CCCOc1ccc(-c2nnc(N)s2)cc1. The van der Waals surface area contributed by atoms with Crippen molar-refractivity contribution < 1.29 is 4.74 Å². The number of nitrogen functional groups attached to an aromatic ring is 1. The van der Waals surface area contributed by atoms with Crippen LogP contribution in [0.25, 0.3) is 10.6 Å². The van der Waals surface area contributed by atoms with Crippen molar-refractivity contribution in [2.45, 2.75) is 40.0 Å². The molecule has 0 radical (unpaired) electrons. The van der Waals surface area contributed by atoms with Crippen LogP contribution >= 0.6 is 11.3 Å². The first-order chi connectivity index (χ1) is 10.00. The van der Waals surface area contributed by atoms with Crippen LogP contribution in [0.2, 0.25) is 0 Å². The summed E-state index contributed by atoms with van der Waals surface area (Å²) in [7, 11) is 0. The minimum Gasteiger partial charge on any atom is -0.494 e. The zero-order valence-corrected chi connectivity index (χ0v) is 13.7. The quantitative estimate of drug-likeness (QED) is 0.771. The fourth-order valence-corrected chi connectivity index (χ4v) is 2.58. The molecule has 0 amide bonds. The summed E-state index contributed by atoms with van der Waals surface area (Å²) in [5.74, 6) is 0.894. The molecule has 0 aliphatic carbocycles. The highest BCUT2D eigenvalue weighted by atomic mass is 32.1. The maximum Gasteiger partial charge on any atom is 0.203 e. The minimum atomic E-state index is 0.408. The van der Waals surface area contributed by atoms with Gasteiger partial charge in [-0.2, -0.15) is 0 Å². The molecule has 0 atom stereocenters. The second-order valence-corrected chi connectivity index (χ2v) is 6.95. The Balaban J connectivity index is 1.83. The van der Waals surface area contributed by atoms with Gasteiger partial charge in [0.25, 0.3) is 0 Å². The molecular formula is C16H23N3OS. The molecule has 1 aromatic carbocycles. The standard InChI is InChI=1S/C16H23N3OS/c1-4-16(2,3)10-5-11-20-13-8-6-12(7-9-13)14-18-19-15(17)21-14/h6-9H,4-5,10-11H2,1-3H3,(H2,17,19). The van der Waals surface area contributed by atoms with Gasteiger partial charge in [-0.15, -0.1) is 10.2 Å². The van der Waals surface area contributed by atoms with E-state index in [0.717, 1.165) is 29.3 Å². The third-order valence-corrected chi connectivity index (χ3v) is 4.57. The van der Waals surface area contributed by atoms with Crippen LogP contribution in [0.5, 0.6) is 5.75 Å². The highest BCUT2D eigenvalue weighted by Crippen LogP contribution is 2.27. The zero-order chi connectivity index (χ0) is 15.3. The van der Waals surface area contributed by atoms with Crippen molar-refractivity contribution in [3.8, 4) is 16.3 Å². The van der Waals surface area contributed by atoms with Crippen molar-refractivity contribution in [2.24, 2.45) is 5.41 Å². The van der Waals surface area contributed by atoms with Crippen molar-refractivity contribution in [2.75, 3.05) is 12.3 Å². The van der Waals surface area contributed by atoms with Crippen LogP contribution < -0.4 is 10.5 Å². The van der Waals surface area contributed by atoms with E-state index in [-0.39, 0.29) is 0 Å². The predicted molar refractivity (Wildman–Crippen MR) is 88.6 cm³/mol. The van der Waals surface area contributed by atoms with Gasteiger partial charge in [-0.25, -0.2) is 0 Å². The number of nitrogens with two attached hydrogens (primary N) is 1. The Labute approximate surface area is 130 Å². The van der Waals surface area contributed by atoms with Crippen LogP contribution in [-0.2, 0) is 0 Å². The lowest BCUT2D eigenvalue weighted by atomic mass is 9.85. The first-order valence-electron chi connectivity index (χ1n) is 7.32. The Morgan fingerprint density at radius 1 is 1.19 bits per heavy atom. The summed E-state index contributed by atoms with van der Waals surface area (Å²) in [4.78, 5) is 0. The van der Waals surface area contributed by atoms with Gasteiger partial charge in [-0.3, -0.25) is 0 Å². The molecule has 0 saturated heterocycles. The molecule has 2 aromatic rings. The molecule has 0 unspecified atom stereocenters. The van der Waals surface area contributed by atoms with Gasteiger partial charge in [0.2, 0.25) is 5.13 Å². The molecule has 1 aromatic heterocycles. The van der Waals surface area contributed by atoms with E-state index in [1.165, 1.54) is 24.2 Å². The molecule has 4 nitrogen and oxygen atoms in total. The molecule has 0 aliphatic rings. The van der Waals surface area contributed by atoms with Gasteiger partial charge in [0.05, 0.1) is 6.61 Å². The second-order valence-electron chi connectivity index (χ2n) is 5.94. The molecular weight excluding hydrogens is 282 g/mol. The van der Waals surface area contributed by atoms with E-state index >= 15 is 0 Å². The number of benzene rings is 1. The predicted octanol–water partition coefficient (Wildman–Crippen LogP) is 4.38. The van der Waals surface area contributed by atoms with Crippen LogP contribution in [0, 0.1) is 5.41 Å². The van der Waals surface area contributed by atoms with E-state index < -0.39 is 0 Å². The maximum absolute atomic E-state index is 5.78. The minimum absolute atomic E-state index is 0.408. The van der Waals surface area contributed by atoms with Gasteiger partial charge in [-0.05, 0) is 42.5 Å². The van der Waals surface area contributed by atoms with E-state index in [1.807, 2.05) is 24.3 Å². The molecule has 114 valence electrons. The smallest absolute Gasteiger partial charge is 0.203 e. The van der Waals surface area contributed by atoms with E-state index in [4.69, 9.17) is 10.5 Å². The Morgan fingerprint density at radius 2 is 1.90 bits per heavy atom. The molecule has 1 heterocycles. The summed E-state index contributed by atoms with van der Waals surface area (Å²) in [6.07, 6.45) is 3.47. The van der Waals surface area contributed by atoms with Crippen molar-refractivity contribution in [1.82, 2.24) is 10.2 Å². The Morgan fingerprint density at radius 3 is 2.48 bits per heavy atom. The molecule has 0 bridgehead atoms. The topological polar surface area (TPSA) is 61.0 Å². The molecule has 21 heavy (non-hydrogen) atoms. The number of hydrogen-bond donors (Lipinski definition) is 1. The highest BCUT2D eigenvalue weighted by molar-refractivity contribution is 7.18. The number of rotatable bonds is 7. The lowest BCUT2D eigenvalue weighted by Crippen LogP contribution is -2.11. The van der Waals surface area contributed by atoms with Crippen molar-refractivity contribution in [3.05, 3.63) is 24.3 Å². The monoisotopic (exact) mass is 305 g/mol. The maximum atomic E-state index is 5.78. The number of nitrogens with zero attached hydrogens (tertiary/aromatic N) is 2. The fraction of sp³-hybridized carbons (Fsp3) is 0.500. The lowest BCUT2D eigenvalue weighted by molar-refractivity contribution is 0.251. The van der Waals surface area contributed by atoms with E-state index in [0.29, 0.717) is 10.5 Å². The van der Waals surface area contributed by atoms with Crippen LogP contribution in [0.15, 0.2) is 24.3 Å². The first kappa shape index (κ1) is 15.8. The summed E-state index contributed by atoms with van der Waals surface area (Å²) >= 11 is 1.39. The van der Waals surface area contributed by atoms with Crippen LogP contribution in [0.3, 0.4) is 0 Å². The van der Waals surface area contributed by atoms with Crippen molar-refractivity contribution >= 4 is 16.5 Å². The van der Waals surface area contributed by atoms with Gasteiger partial charge in [0, 0.05) is 5.56 Å². The van der Waals surface area contributed by atoms with Gasteiger partial charge < -0.3 is 10.5 Å². The van der Waals surface area contributed by atoms with Gasteiger partial charge >= 0.3 is 0 Å². The van der Waals surface area contributed by atoms with Gasteiger partial charge in [-0.1, -0.05) is 38.5 Å². The van der Waals surface area contributed by atoms with Crippen LogP contribution in [-0.4, -0.2) is 16.8 Å². The summed E-state index contributed by atoms with van der Waals surface area (Å²) in [6.45, 7) is 7.60. The van der Waals surface area contributed by atoms with Crippen molar-refractivity contribution in [1.29, 1.82) is 0 Å². The molecule has 0 fully saturated rings. The summed E-state index contributed by atoms with van der Waals surface area (Å²) in [5, 5.41) is 9.18. The third-order valence-electron chi connectivity index (χ3n) is 3.77. The van der Waals surface area contributed by atoms with E-state index in [2.05, 4.69) is 31.0 Å². The van der Waals surface area contributed by atoms with Crippen molar-refractivity contribution in [3.63, 3.8) is 0 Å². The average Bonchev–Trinajstić information content (AvgIpc) is 2.91. The molecule has 0 spiro atoms. The largest absolute Gasteiger partial charge is 0.494 e. The Kier molecular flexibility index (Phi) is 5.17. The van der Waals surface area contributed by atoms with Gasteiger partial charge in [0.1, 0.15) is 10.8 Å². The normalized spacial score (nSPS) is 11.6. The van der Waals surface area contributed by atoms with E-state index in [1.54, 1.807) is 0 Å². The second kappa shape index (κ2) is 6.89. The summed E-state index contributed by atoms with van der Waals surface area (Å²) < 4.78 is 5.78. The average molecular weight is 305 g/mol. The van der Waals surface area contributed by atoms with Crippen LogP contribution in [0.4, 0.5) is 5.13 Å². The zero-order valence-electron chi connectivity index (χ0n) is 12.9. The van der Waals surface area contributed by atoms with E-state index in [9.17, 15) is 0 Å². The molecule has 0 aliphatic heterocycles. The fourth-order valence-electron chi connectivity index (χ4n) is 1.96. The summed E-state index contributed by atoms with van der Waals surface area (Å²) in [5.41, 5.74) is 7.02. The lowest BCUT2D eigenvalue weighted by Gasteiger charge is -2.22. The number of ether oxygens (including phenoxy) is 1. The molecule has 2 N–H and O–H groups in total. The molecule has 0 saturated carbocycles. The highest BCUT2D eigenvalue weighted by Gasteiger charge is 2.14. The Hall–Kier alpha value is -1.62. The number of anilines is 1.